The SMILES string of the molecule is COc1ccc(NC(=O)O[C@@H]2CO[C@H]3[C@@H]2OC[C@@H]3NS(=O)(=O)c2cc(OC)ccc2OC)cc1. The molecule has 4 rings (SSSR count). The van der Waals surface area contributed by atoms with Crippen LogP contribution < -0.4 is 24.2 Å². The van der Waals surface area contributed by atoms with Crippen LogP contribution in [0.15, 0.2) is 47.4 Å². The summed E-state index contributed by atoms with van der Waals surface area (Å²) in [5.41, 5.74) is 0.534. The van der Waals surface area contributed by atoms with Gasteiger partial charge in [0.15, 0.2) is 6.10 Å². The first kappa shape index (κ1) is 24.1. The van der Waals surface area contributed by atoms with Gasteiger partial charge in [-0.15, -0.1) is 0 Å². The zero-order valence-corrected chi connectivity index (χ0v) is 19.7. The lowest BCUT2D eigenvalue weighted by Gasteiger charge is -2.19. The van der Waals surface area contributed by atoms with Gasteiger partial charge in [0.25, 0.3) is 0 Å². The second-order valence-corrected chi connectivity index (χ2v) is 9.32. The minimum absolute atomic E-state index is 0.0564. The third-order valence-electron chi connectivity index (χ3n) is 5.57. The first-order valence-corrected chi connectivity index (χ1v) is 11.9. The second kappa shape index (κ2) is 10.1. The molecule has 0 aliphatic carbocycles. The van der Waals surface area contributed by atoms with Gasteiger partial charge in [-0.1, -0.05) is 0 Å². The lowest BCUT2D eigenvalue weighted by atomic mass is 10.1. The summed E-state index contributed by atoms with van der Waals surface area (Å²) in [5, 5.41) is 2.63. The molecule has 2 heterocycles. The summed E-state index contributed by atoms with van der Waals surface area (Å²) in [6.07, 6.45) is -2.59. The predicted octanol–water partition coefficient (Wildman–Crippen LogP) is 1.77. The van der Waals surface area contributed by atoms with E-state index in [4.69, 9.17) is 28.4 Å². The van der Waals surface area contributed by atoms with E-state index in [2.05, 4.69) is 10.0 Å². The van der Waals surface area contributed by atoms with Gasteiger partial charge in [-0.05, 0) is 36.4 Å². The molecule has 2 N–H and O–H groups in total. The molecule has 4 atom stereocenters. The van der Waals surface area contributed by atoms with Crippen molar-refractivity contribution in [1.82, 2.24) is 4.72 Å². The molecule has 2 aromatic rings. The number of rotatable bonds is 8. The summed E-state index contributed by atoms with van der Waals surface area (Å²) in [6, 6.07) is 10.6. The maximum absolute atomic E-state index is 13.1. The Kier molecular flexibility index (Phi) is 7.12. The molecule has 2 fully saturated rings. The van der Waals surface area contributed by atoms with E-state index in [1.54, 1.807) is 37.4 Å². The van der Waals surface area contributed by atoms with Crippen molar-refractivity contribution in [2.45, 2.75) is 29.2 Å². The number of amides is 1. The zero-order valence-electron chi connectivity index (χ0n) is 18.8. The van der Waals surface area contributed by atoms with Gasteiger partial charge in [-0.25, -0.2) is 17.9 Å². The molecular weight excluding hydrogens is 468 g/mol. The number of ether oxygens (including phenoxy) is 6. The predicted molar refractivity (Wildman–Crippen MR) is 120 cm³/mol. The van der Waals surface area contributed by atoms with Crippen molar-refractivity contribution >= 4 is 21.8 Å². The van der Waals surface area contributed by atoms with Crippen LogP contribution in [0.5, 0.6) is 17.2 Å². The first-order chi connectivity index (χ1) is 16.3. The molecule has 0 aromatic heterocycles. The Bertz CT molecular complexity index is 1120. The van der Waals surface area contributed by atoms with Gasteiger partial charge >= 0.3 is 6.09 Å². The summed E-state index contributed by atoms with van der Waals surface area (Å²) < 4.78 is 61.1. The van der Waals surface area contributed by atoms with Crippen LogP contribution in [0.4, 0.5) is 10.5 Å². The maximum atomic E-state index is 13.1. The average Bonchev–Trinajstić information content (AvgIpc) is 3.42. The molecule has 2 aliphatic rings. The van der Waals surface area contributed by atoms with E-state index in [1.165, 1.54) is 26.4 Å². The fraction of sp³-hybridized carbons (Fsp3) is 0.409. The minimum atomic E-state index is -3.99. The normalized spacial score (nSPS) is 23.7. The van der Waals surface area contributed by atoms with Crippen LogP contribution in [0.25, 0.3) is 0 Å². The number of hydrogen-bond donors (Lipinski definition) is 2. The van der Waals surface area contributed by atoms with Crippen molar-refractivity contribution in [3.05, 3.63) is 42.5 Å². The van der Waals surface area contributed by atoms with E-state index in [0.29, 0.717) is 17.2 Å². The number of methoxy groups -OCH3 is 3. The van der Waals surface area contributed by atoms with Crippen LogP contribution in [0.2, 0.25) is 0 Å². The number of nitrogens with one attached hydrogen (secondary N) is 2. The van der Waals surface area contributed by atoms with E-state index in [0.717, 1.165) is 0 Å². The molecule has 184 valence electrons. The van der Waals surface area contributed by atoms with E-state index in [9.17, 15) is 13.2 Å². The number of carbonyl (C=O) groups is 1. The molecule has 11 nitrogen and oxygen atoms in total. The van der Waals surface area contributed by atoms with E-state index in [1.807, 2.05) is 0 Å². The molecule has 2 aromatic carbocycles. The van der Waals surface area contributed by atoms with Crippen LogP contribution in [-0.2, 0) is 24.2 Å². The van der Waals surface area contributed by atoms with Gasteiger partial charge in [0.05, 0.1) is 40.6 Å². The smallest absolute Gasteiger partial charge is 0.412 e. The van der Waals surface area contributed by atoms with Gasteiger partial charge in [0.1, 0.15) is 34.4 Å². The number of sulfonamides is 1. The Labute approximate surface area is 197 Å². The fourth-order valence-corrected chi connectivity index (χ4v) is 5.30. The van der Waals surface area contributed by atoms with Crippen molar-refractivity contribution in [2.24, 2.45) is 0 Å². The molecule has 0 spiro atoms. The molecule has 34 heavy (non-hydrogen) atoms. The van der Waals surface area contributed by atoms with E-state index in [-0.39, 0.29) is 23.9 Å². The monoisotopic (exact) mass is 494 g/mol. The van der Waals surface area contributed by atoms with E-state index >= 15 is 0 Å². The van der Waals surface area contributed by atoms with Crippen molar-refractivity contribution in [3.63, 3.8) is 0 Å². The summed E-state index contributed by atoms with van der Waals surface area (Å²) in [6.45, 7) is 0.132. The molecule has 0 saturated carbocycles. The van der Waals surface area contributed by atoms with Crippen LogP contribution in [0.1, 0.15) is 0 Å². The Hall–Kier alpha value is -3.06. The number of anilines is 1. The van der Waals surface area contributed by atoms with Gasteiger partial charge < -0.3 is 28.4 Å². The molecule has 0 radical (unpaired) electrons. The minimum Gasteiger partial charge on any atom is -0.497 e. The van der Waals surface area contributed by atoms with Crippen LogP contribution in [0.3, 0.4) is 0 Å². The largest absolute Gasteiger partial charge is 0.497 e. The van der Waals surface area contributed by atoms with Crippen molar-refractivity contribution in [3.8, 4) is 17.2 Å². The van der Waals surface area contributed by atoms with Crippen molar-refractivity contribution in [1.29, 1.82) is 0 Å². The Balaban J connectivity index is 1.38. The molecule has 1 amide bonds. The fourth-order valence-electron chi connectivity index (χ4n) is 3.88. The molecule has 0 unspecified atom stereocenters. The molecule has 12 heteroatoms. The maximum Gasteiger partial charge on any atom is 0.412 e. The number of carbonyl (C=O) groups excluding carboxylic acids is 1. The van der Waals surface area contributed by atoms with Gasteiger partial charge in [-0.3, -0.25) is 5.32 Å². The average molecular weight is 495 g/mol. The van der Waals surface area contributed by atoms with Crippen molar-refractivity contribution < 1.29 is 41.6 Å². The number of fused-ring (bicyclic) bond motifs is 1. The lowest BCUT2D eigenvalue weighted by Crippen LogP contribution is -2.44. The summed E-state index contributed by atoms with van der Waals surface area (Å²) in [4.78, 5) is 12.3. The topological polar surface area (TPSA) is 131 Å². The Morgan fingerprint density at radius 2 is 1.59 bits per heavy atom. The van der Waals surface area contributed by atoms with Crippen LogP contribution in [-0.4, -0.2) is 73.4 Å². The zero-order chi connectivity index (χ0) is 24.3. The molecule has 2 aliphatic heterocycles. The highest BCUT2D eigenvalue weighted by Crippen LogP contribution is 2.32. The van der Waals surface area contributed by atoms with Gasteiger partial charge in [0.2, 0.25) is 10.0 Å². The third kappa shape index (κ3) is 5.04. The van der Waals surface area contributed by atoms with Crippen LogP contribution in [0, 0.1) is 0 Å². The van der Waals surface area contributed by atoms with Gasteiger partial charge in [0, 0.05) is 11.8 Å². The molecule has 0 bridgehead atoms. The van der Waals surface area contributed by atoms with E-state index < -0.39 is 40.5 Å². The Morgan fingerprint density at radius 3 is 2.26 bits per heavy atom. The third-order valence-corrected chi connectivity index (χ3v) is 7.08. The highest BCUT2D eigenvalue weighted by molar-refractivity contribution is 7.89. The number of hydrogen-bond acceptors (Lipinski definition) is 9. The standard InChI is InChI=1S/C22H26N2O9S/c1-28-14-6-4-13(5-7-14)23-22(25)33-18-12-32-20-16(11-31-21(18)20)24-34(26,27)19-10-15(29-2)8-9-17(19)30-3/h4-10,16,18,20-21,24H,11-12H2,1-3H3,(H,23,25)/t16-,18+,20+,21+/m0/s1. The second-order valence-electron chi connectivity index (χ2n) is 7.64. The highest BCUT2D eigenvalue weighted by Gasteiger charge is 2.50. The summed E-state index contributed by atoms with van der Waals surface area (Å²) in [7, 11) is 0.387. The first-order valence-electron chi connectivity index (χ1n) is 10.4. The van der Waals surface area contributed by atoms with Crippen molar-refractivity contribution in [2.75, 3.05) is 39.9 Å². The van der Waals surface area contributed by atoms with Crippen LogP contribution >= 0.6 is 0 Å². The number of benzene rings is 2. The Morgan fingerprint density at radius 1 is 0.912 bits per heavy atom. The summed E-state index contributed by atoms with van der Waals surface area (Å²) >= 11 is 0. The highest BCUT2D eigenvalue weighted by atomic mass is 32.2. The molecule has 2 saturated heterocycles. The lowest BCUT2D eigenvalue weighted by molar-refractivity contribution is 0.00883. The summed E-state index contributed by atoms with van der Waals surface area (Å²) in [5.74, 6) is 1.20. The van der Waals surface area contributed by atoms with Gasteiger partial charge in [-0.2, -0.15) is 0 Å². The molecular formula is C22H26N2O9S. The quantitative estimate of drug-likeness (QED) is 0.564.